The maximum atomic E-state index is 9.30. The van der Waals surface area contributed by atoms with Gasteiger partial charge in [0.2, 0.25) is 0 Å². The molecule has 0 saturated heterocycles. The van der Waals surface area contributed by atoms with Crippen LogP contribution < -0.4 is 10.6 Å². The van der Waals surface area contributed by atoms with Gasteiger partial charge in [0.15, 0.2) is 5.96 Å². The van der Waals surface area contributed by atoms with Crippen LogP contribution in [0.15, 0.2) is 29.3 Å². The number of phenols is 1. The van der Waals surface area contributed by atoms with Gasteiger partial charge in [-0.2, -0.15) is 0 Å². The lowest BCUT2D eigenvalue weighted by atomic mass is 10.2. The fraction of sp³-hybridized carbons (Fsp3) is 0.533. The summed E-state index contributed by atoms with van der Waals surface area (Å²) in [4.78, 5) is 4.50. The third-order valence-electron chi connectivity index (χ3n) is 3.39. The highest BCUT2D eigenvalue weighted by Crippen LogP contribution is 2.18. The van der Waals surface area contributed by atoms with Crippen molar-refractivity contribution in [2.75, 3.05) is 25.6 Å². The van der Waals surface area contributed by atoms with Crippen molar-refractivity contribution >= 4 is 11.6 Å². The van der Waals surface area contributed by atoms with Crippen molar-refractivity contribution in [2.45, 2.75) is 31.7 Å². The Labute approximate surface area is 120 Å². The number of hydrogen-bond acceptors (Lipinski definition) is 3. The van der Waals surface area contributed by atoms with Crippen LogP contribution in [0.2, 0.25) is 0 Å². The summed E-state index contributed by atoms with van der Waals surface area (Å²) in [7, 11) is 1.67. The Morgan fingerprint density at radius 3 is 2.65 bits per heavy atom. The SMILES string of the molecule is COCCN=C(Nc1ccc(O)cc1)NC1CCCC1. The zero-order chi connectivity index (χ0) is 14.2. The zero-order valence-electron chi connectivity index (χ0n) is 11.9. The van der Waals surface area contributed by atoms with E-state index in [0.29, 0.717) is 19.2 Å². The van der Waals surface area contributed by atoms with Crippen molar-refractivity contribution in [3.8, 4) is 5.75 Å². The van der Waals surface area contributed by atoms with Crippen LogP contribution in [0, 0.1) is 0 Å². The Morgan fingerprint density at radius 1 is 1.30 bits per heavy atom. The number of benzene rings is 1. The van der Waals surface area contributed by atoms with Crippen molar-refractivity contribution in [3.63, 3.8) is 0 Å². The largest absolute Gasteiger partial charge is 0.508 e. The molecule has 5 nitrogen and oxygen atoms in total. The predicted octanol–water partition coefficient (Wildman–Crippen LogP) is 2.34. The second-order valence-electron chi connectivity index (χ2n) is 5.02. The molecule has 0 unspecified atom stereocenters. The van der Waals surface area contributed by atoms with Crippen molar-refractivity contribution in [2.24, 2.45) is 4.99 Å². The Kier molecular flexibility index (Phi) is 5.68. The topological polar surface area (TPSA) is 65.9 Å². The fourth-order valence-corrected chi connectivity index (χ4v) is 2.31. The number of aromatic hydroxyl groups is 1. The molecule has 0 spiro atoms. The first kappa shape index (κ1) is 14.7. The number of guanidine groups is 1. The summed E-state index contributed by atoms with van der Waals surface area (Å²) in [5.41, 5.74) is 0.907. The molecule has 3 N–H and O–H groups in total. The minimum atomic E-state index is 0.261. The number of phenolic OH excluding ortho intramolecular Hbond substituents is 1. The van der Waals surface area contributed by atoms with Gasteiger partial charge in [-0.3, -0.25) is 4.99 Å². The number of methoxy groups -OCH3 is 1. The van der Waals surface area contributed by atoms with E-state index in [1.165, 1.54) is 25.7 Å². The normalized spacial score (nSPS) is 16.4. The Morgan fingerprint density at radius 2 is 2.00 bits per heavy atom. The Bertz CT molecular complexity index is 425. The molecule has 1 fully saturated rings. The second-order valence-corrected chi connectivity index (χ2v) is 5.02. The summed E-state index contributed by atoms with van der Waals surface area (Å²) in [6, 6.07) is 7.48. The maximum Gasteiger partial charge on any atom is 0.196 e. The van der Waals surface area contributed by atoms with Gasteiger partial charge in [-0.1, -0.05) is 12.8 Å². The number of nitrogens with one attached hydrogen (secondary N) is 2. The van der Waals surface area contributed by atoms with Gasteiger partial charge in [0, 0.05) is 18.8 Å². The Balaban J connectivity index is 1.97. The first-order valence-electron chi connectivity index (χ1n) is 7.14. The van der Waals surface area contributed by atoms with E-state index in [-0.39, 0.29) is 5.75 Å². The fourth-order valence-electron chi connectivity index (χ4n) is 2.31. The molecule has 0 radical (unpaired) electrons. The number of ether oxygens (including phenoxy) is 1. The highest BCUT2D eigenvalue weighted by atomic mass is 16.5. The van der Waals surface area contributed by atoms with Crippen LogP contribution in [0.4, 0.5) is 5.69 Å². The highest BCUT2D eigenvalue weighted by Gasteiger charge is 2.16. The third kappa shape index (κ3) is 4.74. The van der Waals surface area contributed by atoms with Crippen LogP contribution in [-0.2, 0) is 4.74 Å². The first-order valence-corrected chi connectivity index (χ1v) is 7.14. The third-order valence-corrected chi connectivity index (χ3v) is 3.39. The van der Waals surface area contributed by atoms with Crippen LogP contribution in [0.1, 0.15) is 25.7 Å². The van der Waals surface area contributed by atoms with Crippen LogP contribution in [0.3, 0.4) is 0 Å². The monoisotopic (exact) mass is 277 g/mol. The maximum absolute atomic E-state index is 9.30. The molecule has 0 aliphatic heterocycles. The molecule has 0 bridgehead atoms. The minimum Gasteiger partial charge on any atom is -0.508 e. The van der Waals surface area contributed by atoms with Gasteiger partial charge in [-0.25, -0.2) is 0 Å². The number of rotatable bonds is 5. The van der Waals surface area contributed by atoms with Gasteiger partial charge in [0.1, 0.15) is 5.75 Å². The van der Waals surface area contributed by atoms with Crippen LogP contribution >= 0.6 is 0 Å². The average Bonchev–Trinajstić information content (AvgIpc) is 2.94. The first-order chi connectivity index (χ1) is 9.78. The molecule has 110 valence electrons. The highest BCUT2D eigenvalue weighted by molar-refractivity contribution is 5.93. The summed E-state index contributed by atoms with van der Waals surface area (Å²) in [5.74, 6) is 1.04. The number of anilines is 1. The quantitative estimate of drug-likeness (QED) is 0.334. The molecule has 5 heteroatoms. The molecule has 1 aliphatic carbocycles. The van der Waals surface area contributed by atoms with E-state index < -0.39 is 0 Å². The molecular formula is C15H23N3O2. The smallest absolute Gasteiger partial charge is 0.196 e. The van der Waals surface area contributed by atoms with Gasteiger partial charge in [0.05, 0.1) is 13.2 Å². The van der Waals surface area contributed by atoms with Crippen LogP contribution in [0.25, 0.3) is 0 Å². The van der Waals surface area contributed by atoms with E-state index >= 15 is 0 Å². The van der Waals surface area contributed by atoms with E-state index in [2.05, 4.69) is 15.6 Å². The number of hydrogen-bond donors (Lipinski definition) is 3. The van der Waals surface area contributed by atoms with E-state index in [4.69, 9.17) is 4.74 Å². The standard InChI is InChI=1S/C15H23N3O2/c1-20-11-10-16-15(17-12-4-2-3-5-12)18-13-6-8-14(19)9-7-13/h6-9,12,19H,2-5,10-11H2,1H3,(H2,16,17,18). The lowest BCUT2D eigenvalue weighted by molar-refractivity contribution is 0.208. The molecule has 20 heavy (non-hydrogen) atoms. The van der Waals surface area contributed by atoms with E-state index in [9.17, 15) is 5.11 Å². The van der Waals surface area contributed by atoms with Crippen LogP contribution in [0.5, 0.6) is 5.75 Å². The van der Waals surface area contributed by atoms with Crippen molar-refractivity contribution in [1.29, 1.82) is 0 Å². The summed E-state index contributed by atoms with van der Waals surface area (Å²) in [5, 5.41) is 16.0. The lowest BCUT2D eigenvalue weighted by Gasteiger charge is -2.17. The molecule has 0 aromatic heterocycles. The van der Waals surface area contributed by atoms with Gasteiger partial charge < -0.3 is 20.5 Å². The molecular weight excluding hydrogens is 254 g/mol. The second kappa shape index (κ2) is 7.75. The zero-order valence-corrected chi connectivity index (χ0v) is 11.9. The van der Waals surface area contributed by atoms with Gasteiger partial charge in [0.25, 0.3) is 0 Å². The van der Waals surface area contributed by atoms with Gasteiger partial charge >= 0.3 is 0 Å². The summed E-state index contributed by atoms with van der Waals surface area (Å²) < 4.78 is 5.03. The summed E-state index contributed by atoms with van der Waals surface area (Å²) >= 11 is 0. The van der Waals surface area contributed by atoms with E-state index in [0.717, 1.165) is 11.6 Å². The Hall–Kier alpha value is -1.75. The van der Waals surface area contributed by atoms with Gasteiger partial charge in [-0.05, 0) is 37.1 Å². The predicted molar refractivity (Wildman–Crippen MR) is 81.3 cm³/mol. The van der Waals surface area contributed by atoms with Crippen LogP contribution in [-0.4, -0.2) is 37.4 Å². The summed E-state index contributed by atoms with van der Waals surface area (Å²) in [6.07, 6.45) is 4.95. The molecule has 0 atom stereocenters. The van der Waals surface area contributed by atoms with Gasteiger partial charge in [-0.15, -0.1) is 0 Å². The molecule has 2 rings (SSSR count). The number of aliphatic imine (C=N–C) groups is 1. The molecule has 1 saturated carbocycles. The molecule has 1 aromatic rings. The van der Waals surface area contributed by atoms with E-state index in [1.54, 1.807) is 19.2 Å². The molecule has 0 amide bonds. The van der Waals surface area contributed by atoms with Crippen molar-refractivity contribution < 1.29 is 9.84 Å². The van der Waals surface area contributed by atoms with Crippen molar-refractivity contribution in [1.82, 2.24) is 5.32 Å². The lowest BCUT2D eigenvalue weighted by Crippen LogP contribution is -2.38. The molecule has 0 heterocycles. The van der Waals surface area contributed by atoms with Crippen molar-refractivity contribution in [3.05, 3.63) is 24.3 Å². The summed E-state index contributed by atoms with van der Waals surface area (Å²) in [6.45, 7) is 1.23. The average molecular weight is 277 g/mol. The molecule has 1 aliphatic rings. The van der Waals surface area contributed by atoms with E-state index in [1.807, 2.05) is 12.1 Å². The number of nitrogens with zero attached hydrogens (tertiary/aromatic N) is 1. The minimum absolute atomic E-state index is 0.261. The molecule has 1 aromatic carbocycles.